The van der Waals surface area contributed by atoms with Crippen LogP contribution in [0.5, 0.6) is 5.75 Å². The number of benzene rings is 1. The minimum atomic E-state index is -0.789. The lowest BCUT2D eigenvalue weighted by Gasteiger charge is -2.29. The van der Waals surface area contributed by atoms with Crippen LogP contribution in [0.4, 0.5) is 0 Å². The molecule has 7 heteroatoms. The van der Waals surface area contributed by atoms with E-state index in [1.165, 1.54) is 0 Å². The van der Waals surface area contributed by atoms with Gasteiger partial charge in [-0.05, 0) is 43.5 Å². The van der Waals surface area contributed by atoms with Crippen LogP contribution < -0.4 is 4.74 Å². The number of rotatable bonds is 4. The van der Waals surface area contributed by atoms with Crippen LogP contribution >= 0.6 is 0 Å². The highest BCUT2D eigenvalue weighted by atomic mass is 16.5. The smallest absolute Gasteiger partial charge is 0.306 e. The van der Waals surface area contributed by atoms with Crippen LogP contribution in [0.25, 0.3) is 5.69 Å². The first-order chi connectivity index (χ1) is 12.0. The molecule has 0 saturated carbocycles. The zero-order valence-electron chi connectivity index (χ0n) is 14.3. The molecule has 1 aromatic heterocycles. The third kappa shape index (κ3) is 3.50. The highest BCUT2D eigenvalue weighted by molar-refractivity contribution is 5.92. The van der Waals surface area contributed by atoms with Gasteiger partial charge in [-0.3, -0.25) is 9.59 Å². The molecule has 1 aliphatic rings. The molecule has 0 bridgehead atoms. The Bertz CT molecular complexity index is 791. The number of ether oxygens (including phenoxy) is 1. The topological polar surface area (TPSA) is 84.7 Å². The fraction of sp³-hybridized carbons (Fsp3) is 0.389. The van der Waals surface area contributed by atoms with Gasteiger partial charge in [0.15, 0.2) is 5.69 Å². The van der Waals surface area contributed by atoms with Crippen LogP contribution in [0.2, 0.25) is 0 Å². The summed E-state index contributed by atoms with van der Waals surface area (Å²) in [4.78, 5) is 25.3. The Labute approximate surface area is 145 Å². The molecule has 1 amide bonds. The number of aromatic nitrogens is 2. The number of carbonyl (C=O) groups is 2. The summed E-state index contributed by atoms with van der Waals surface area (Å²) in [6.45, 7) is 2.86. The molecule has 1 aliphatic heterocycles. The van der Waals surface area contributed by atoms with Gasteiger partial charge < -0.3 is 14.7 Å². The summed E-state index contributed by atoms with van der Waals surface area (Å²) >= 11 is 0. The number of amides is 1. The van der Waals surface area contributed by atoms with E-state index < -0.39 is 5.97 Å². The summed E-state index contributed by atoms with van der Waals surface area (Å²) in [5.74, 6) is -0.648. The zero-order valence-corrected chi connectivity index (χ0v) is 14.3. The van der Waals surface area contributed by atoms with Crippen molar-refractivity contribution >= 4 is 11.9 Å². The van der Waals surface area contributed by atoms with E-state index in [0.717, 1.165) is 11.3 Å². The SMILES string of the molecule is COc1ccc(C)cc1-n1ccc(C(=O)N2CCC(C(=O)O)CC2)n1. The number of aryl methyl sites for hydroxylation is 1. The molecule has 1 aromatic carbocycles. The molecule has 1 fully saturated rings. The molecule has 25 heavy (non-hydrogen) atoms. The molecule has 0 spiro atoms. The van der Waals surface area contributed by atoms with E-state index in [1.807, 2.05) is 25.1 Å². The Hall–Kier alpha value is -2.83. The number of hydrogen-bond acceptors (Lipinski definition) is 4. The minimum absolute atomic E-state index is 0.172. The van der Waals surface area contributed by atoms with Gasteiger partial charge in [-0.2, -0.15) is 5.10 Å². The van der Waals surface area contributed by atoms with Crippen LogP contribution in [0.15, 0.2) is 30.5 Å². The first kappa shape index (κ1) is 17.0. The fourth-order valence-electron chi connectivity index (χ4n) is 3.04. The van der Waals surface area contributed by atoms with Crippen molar-refractivity contribution in [2.24, 2.45) is 5.92 Å². The summed E-state index contributed by atoms with van der Waals surface area (Å²) in [6.07, 6.45) is 2.69. The highest BCUT2D eigenvalue weighted by Crippen LogP contribution is 2.24. The van der Waals surface area contributed by atoms with Gasteiger partial charge in [0.25, 0.3) is 5.91 Å². The Kier molecular flexibility index (Phi) is 4.74. The van der Waals surface area contributed by atoms with Crippen molar-refractivity contribution in [1.82, 2.24) is 14.7 Å². The van der Waals surface area contributed by atoms with E-state index in [2.05, 4.69) is 5.10 Å². The summed E-state index contributed by atoms with van der Waals surface area (Å²) in [5.41, 5.74) is 2.18. The fourth-order valence-corrected chi connectivity index (χ4v) is 3.04. The maximum absolute atomic E-state index is 12.6. The van der Waals surface area contributed by atoms with Crippen LogP contribution in [0, 0.1) is 12.8 Å². The van der Waals surface area contributed by atoms with E-state index in [0.29, 0.717) is 37.4 Å². The van der Waals surface area contributed by atoms with Gasteiger partial charge in [0, 0.05) is 19.3 Å². The number of carbonyl (C=O) groups excluding carboxylic acids is 1. The maximum atomic E-state index is 12.6. The average Bonchev–Trinajstić information content (AvgIpc) is 3.11. The van der Waals surface area contributed by atoms with Crippen molar-refractivity contribution in [3.05, 3.63) is 41.7 Å². The number of carboxylic acid groups (broad SMARTS) is 1. The van der Waals surface area contributed by atoms with Crippen molar-refractivity contribution in [3.63, 3.8) is 0 Å². The first-order valence-corrected chi connectivity index (χ1v) is 8.22. The van der Waals surface area contributed by atoms with Gasteiger partial charge >= 0.3 is 5.97 Å². The van der Waals surface area contributed by atoms with Gasteiger partial charge in [0.1, 0.15) is 11.4 Å². The lowest BCUT2D eigenvalue weighted by Crippen LogP contribution is -2.40. The van der Waals surface area contributed by atoms with Crippen molar-refractivity contribution in [1.29, 1.82) is 0 Å². The van der Waals surface area contributed by atoms with Crippen molar-refractivity contribution in [2.75, 3.05) is 20.2 Å². The third-order valence-corrected chi connectivity index (χ3v) is 4.52. The predicted octanol–water partition coefficient (Wildman–Crippen LogP) is 2.13. The monoisotopic (exact) mass is 343 g/mol. The van der Waals surface area contributed by atoms with E-state index in [9.17, 15) is 9.59 Å². The first-order valence-electron chi connectivity index (χ1n) is 8.22. The minimum Gasteiger partial charge on any atom is -0.494 e. The highest BCUT2D eigenvalue weighted by Gasteiger charge is 2.28. The molecule has 132 valence electrons. The Balaban J connectivity index is 1.77. The quantitative estimate of drug-likeness (QED) is 0.919. The summed E-state index contributed by atoms with van der Waals surface area (Å²) < 4.78 is 6.99. The molecule has 7 nitrogen and oxygen atoms in total. The molecule has 0 aliphatic carbocycles. The molecule has 2 heterocycles. The van der Waals surface area contributed by atoms with Gasteiger partial charge in [-0.1, -0.05) is 6.07 Å². The molecular weight excluding hydrogens is 322 g/mol. The van der Waals surface area contributed by atoms with E-state index in [4.69, 9.17) is 9.84 Å². The molecule has 0 atom stereocenters. The van der Waals surface area contributed by atoms with E-state index in [1.54, 1.807) is 29.0 Å². The lowest BCUT2D eigenvalue weighted by molar-refractivity contribution is -0.143. The van der Waals surface area contributed by atoms with Gasteiger partial charge in [0.2, 0.25) is 0 Å². The Morgan fingerprint density at radius 1 is 1.24 bits per heavy atom. The van der Waals surface area contributed by atoms with E-state index in [-0.39, 0.29) is 11.8 Å². The molecule has 3 rings (SSSR count). The van der Waals surface area contributed by atoms with Crippen LogP contribution in [0.3, 0.4) is 0 Å². The largest absolute Gasteiger partial charge is 0.494 e. The number of hydrogen-bond donors (Lipinski definition) is 1. The zero-order chi connectivity index (χ0) is 18.0. The molecule has 1 N–H and O–H groups in total. The number of piperidine rings is 1. The van der Waals surface area contributed by atoms with E-state index >= 15 is 0 Å². The average molecular weight is 343 g/mol. The number of nitrogens with zero attached hydrogens (tertiary/aromatic N) is 3. The van der Waals surface area contributed by atoms with Gasteiger partial charge in [-0.25, -0.2) is 4.68 Å². The van der Waals surface area contributed by atoms with Gasteiger partial charge in [-0.15, -0.1) is 0 Å². The number of carboxylic acids is 1. The standard InChI is InChI=1S/C18H21N3O4/c1-12-3-4-16(25-2)15(11-12)21-10-7-14(19-21)17(22)20-8-5-13(6-9-20)18(23)24/h3-4,7,10-11,13H,5-6,8-9H2,1-2H3,(H,23,24). The van der Waals surface area contributed by atoms with Gasteiger partial charge in [0.05, 0.1) is 13.0 Å². The Morgan fingerprint density at radius 3 is 2.60 bits per heavy atom. The van der Waals surface area contributed by atoms with Crippen molar-refractivity contribution < 1.29 is 19.4 Å². The number of aliphatic carboxylic acids is 1. The van der Waals surface area contributed by atoms with Crippen molar-refractivity contribution in [3.8, 4) is 11.4 Å². The molecule has 0 radical (unpaired) electrons. The predicted molar refractivity (Wildman–Crippen MR) is 91.1 cm³/mol. The molecule has 2 aromatic rings. The summed E-state index contributed by atoms with van der Waals surface area (Å²) in [6, 6.07) is 7.43. The summed E-state index contributed by atoms with van der Waals surface area (Å²) in [5, 5.41) is 13.4. The van der Waals surface area contributed by atoms with Crippen LogP contribution in [-0.2, 0) is 4.79 Å². The molecule has 0 unspecified atom stereocenters. The second-order valence-electron chi connectivity index (χ2n) is 6.23. The number of likely N-dealkylation sites (tertiary alicyclic amines) is 1. The number of methoxy groups -OCH3 is 1. The maximum Gasteiger partial charge on any atom is 0.306 e. The Morgan fingerprint density at radius 2 is 1.96 bits per heavy atom. The normalized spacial score (nSPS) is 15.2. The molecular formula is C18H21N3O4. The van der Waals surface area contributed by atoms with Crippen molar-refractivity contribution in [2.45, 2.75) is 19.8 Å². The summed E-state index contributed by atoms with van der Waals surface area (Å²) in [7, 11) is 1.59. The van der Waals surface area contributed by atoms with Crippen LogP contribution in [0.1, 0.15) is 28.9 Å². The third-order valence-electron chi connectivity index (χ3n) is 4.52. The second kappa shape index (κ2) is 6.96. The second-order valence-corrected chi connectivity index (χ2v) is 6.23. The van der Waals surface area contributed by atoms with Crippen LogP contribution in [-0.4, -0.2) is 51.9 Å². The molecule has 1 saturated heterocycles. The lowest BCUT2D eigenvalue weighted by atomic mass is 9.97.